The second-order valence-corrected chi connectivity index (χ2v) is 5.17. The first-order valence-corrected chi connectivity index (χ1v) is 6.02. The summed E-state index contributed by atoms with van der Waals surface area (Å²) in [6, 6.07) is 0. The molecule has 0 amide bonds. The molecule has 8 heteroatoms. The van der Waals surface area contributed by atoms with Gasteiger partial charge in [-0.15, -0.1) is 11.3 Å². The number of rotatable bonds is 2. The van der Waals surface area contributed by atoms with E-state index >= 15 is 0 Å². The first-order valence-electron chi connectivity index (χ1n) is 3.70. The highest BCUT2D eigenvalue weighted by atomic mass is 32.2. The summed E-state index contributed by atoms with van der Waals surface area (Å²) in [7, 11) is -3.94. The number of nitrogens with two attached hydrogens (primary N) is 1. The van der Waals surface area contributed by atoms with E-state index in [0.29, 0.717) is 6.34 Å². The van der Waals surface area contributed by atoms with Gasteiger partial charge < -0.3 is 5.73 Å². The van der Waals surface area contributed by atoms with E-state index in [9.17, 15) is 18.0 Å². The fourth-order valence-electron chi connectivity index (χ4n) is 1.21. The molecule has 0 unspecified atom stereocenters. The van der Waals surface area contributed by atoms with E-state index in [1.54, 1.807) is 0 Å². The number of nitrogens with zero attached hydrogens (tertiary/aromatic N) is 1. The van der Waals surface area contributed by atoms with Crippen LogP contribution in [0.4, 0.5) is 0 Å². The summed E-state index contributed by atoms with van der Waals surface area (Å²) in [6.07, 6.45) is 0.629. The Morgan fingerprint density at radius 3 is 2.60 bits per heavy atom. The summed E-state index contributed by atoms with van der Waals surface area (Å²) in [4.78, 5) is 21.8. The van der Waals surface area contributed by atoms with Crippen LogP contribution in [0.25, 0.3) is 10.1 Å². The number of sulfonamides is 1. The third kappa shape index (κ3) is 1.22. The molecule has 6 nitrogen and oxygen atoms in total. The van der Waals surface area contributed by atoms with Crippen molar-refractivity contribution in [2.24, 2.45) is 10.1 Å². The van der Waals surface area contributed by atoms with Crippen molar-refractivity contribution in [1.82, 2.24) is 0 Å². The largest absolute Gasteiger partial charge is 0.389 e. The molecule has 0 fully saturated rings. The topological polar surface area (TPSA) is 107 Å². The summed E-state index contributed by atoms with van der Waals surface area (Å²) >= 11 is 0.918. The van der Waals surface area contributed by atoms with Crippen molar-refractivity contribution in [3.05, 3.63) is 25.8 Å². The Labute approximate surface area is 87.4 Å². The molecule has 0 aliphatic rings. The van der Waals surface area contributed by atoms with E-state index < -0.39 is 20.9 Å². The highest BCUT2D eigenvalue weighted by Crippen LogP contribution is 2.26. The molecule has 0 saturated heterocycles. The second kappa shape index (κ2) is 2.97. The molecule has 0 aliphatic carbocycles. The highest BCUT2D eigenvalue weighted by Gasteiger charge is 2.25. The number of hydrogen-bond donors (Lipinski definition) is 1. The standard InChI is InChI=1S/C7H4N2O4S2/c8-2-9-15(12,13)3-1-14-7-4(3)5(10)6(7)11/h1-2H,(H2,8,9). The molecule has 1 aromatic carbocycles. The van der Waals surface area contributed by atoms with Crippen LogP contribution in [-0.2, 0) is 10.0 Å². The first-order chi connectivity index (χ1) is 6.99. The van der Waals surface area contributed by atoms with Crippen molar-refractivity contribution < 1.29 is 8.42 Å². The molecular weight excluding hydrogens is 240 g/mol. The van der Waals surface area contributed by atoms with Gasteiger partial charge in [0.15, 0.2) is 0 Å². The Morgan fingerprint density at radius 1 is 1.33 bits per heavy atom. The maximum Gasteiger partial charge on any atom is 0.285 e. The Bertz CT molecular complexity index is 731. The molecule has 0 spiro atoms. The Hall–Kier alpha value is -1.54. The number of hydrogen-bond acceptors (Lipinski definition) is 5. The zero-order chi connectivity index (χ0) is 11.2. The summed E-state index contributed by atoms with van der Waals surface area (Å²) in [6.45, 7) is 0. The van der Waals surface area contributed by atoms with E-state index in [0.717, 1.165) is 11.3 Å². The van der Waals surface area contributed by atoms with Crippen LogP contribution >= 0.6 is 11.3 Å². The molecule has 2 aromatic rings. The van der Waals surface area contributed by atoms with Crippen LogP contribution in [0.1, 0.15) is 0 Å². The lowest BCUT2D eigenvalue weighted by Crippen LogP contribution is -2.29. The number of fused-ring (bicyclic) bond motifs is 1. The molecule has 2 N–H and O–H groups in total. The highest BCUT2D eigenvalue weighted by molar-refractivity contribution is 7.90. The van der Waals surface area contributed by atoms with Crippen molar-refractivity contribution in [2.45, 2.75) is 4.90 Å². The summed E-state index contributed by atoms with van der Waals surface area (Å²) < 4.78 is 26.1. The van der Waals surface area contributed by atoms with Crippen molar-refractivity contribution >= 4 is 37.8 Å². The molecule has 1 heterocycles. The average molecular weight is 244 g/mol. The van der Waals surface area contributed by atoms with E-state index in [1.165, 1.54) is 5.38 Å². The molecule has 78 valence electrons. The molecule has 2 rings (SSSR count). The minimum absolute atomic E-state index is 0.0596. The maximum atomic E-state index is 11.4. The predicted octanol–water partition coefficient (Wildman–Crippen LogP) is -0.827. The van der Waals surface area contributed by atoms with E-state index in [-0.39, 0.29) is 15.0 Å². The third-order valence-corrected chi connectivity index (χ3v) is 4.28. The van der Waals surface area contributed by atoms with Gasteiger partial charge in [-0.2, -0.15) is 12.8 Å². The number of thiophene rings is 1. The summed E-state index contributed by atoms with van der Waals surface area (Å²) in [5.74, 6) is 0. The van der Waals surface area contributed by atoms with Crippen molar-refractivity contribution in [3.63, 3.8) is 0 Å². The third-order valence-electron chi connectivity index (χ3n) is 1.87. The van der Waals surface area contributed by atoms with Crippen molar-refractivity contribution in [3.8, 4) is 0 Å². The summed E-state index contributed by atoms with van der Waals surface area (Å²) in [5, 5.41) is 1.16. The zero-order valence-corrected chi connectivity index (χ0v) is 8.76. The molecule has 0 bridgehead atoms. The molecule has 0 radical (unpaired) electrons. The van der Waals surface area contributed by atoms with Crippen LogP contribution in [0.3, 0.4) is 0 Å². The van der Waals surface area contributed by atoms with Gasteiger partial charge in [0.25, 0.3) is 10.0 Å². The maximum absolute atomic E-state index is 11.4. The smallest absolute Gasteiger partial charge is 0.285 e. The molecule has 0 atom stereocenters. The Morgan fingerprint density at radius 2 is 2.00 bits per heavy atom. The molecule has 0 saturated carbocycles. The van der Waals surface area contributed by atoms with Gasteiger partial charge in [0.1, 0.15) is 4.90 Å². The second-order valence-electron chi connectivity index (χ2n) is 2.69. The van der Waals surface area contributed by atoms with Gasteiger partial charge in [0, 0.05) is 5.38 Å². The van der Waals surface area contributed by atoms with Gasteiger partial charge in [0.2, 0.25) is 10.9 Å². The fourth-order valence-corrected chi connectivity index (χ4v) is 3.49. The van der Waals surface area contributed by atoms with Crippen LogP contribution in [-0.4, -0.2) is 14.8 Å². The van der Waals surface area contributed by atoms with Crippen LogP contribution < -0.4 is 16.6 Å². The molecule has 1 aromatic heterocycles. The monoisotopic (exact) mass is 244 g/mol. The van der Waals surface area contributed by atoms with Gasteiger partial charge in [-0.1, -0.05) is 0 Å². The van der Waals surface area contributed by atoms with Crippen molar-refractivity contribution in [1.29, 1.82) is 0 Å². The lowest BCUT2D eigenvalue weighted by Gasteiger charge is -1.95. The van der Waals surface area contributed by atoms with Gasteiger partial charge in [-0.05, 0) is 0 Å². The van der Waals surface area contributed by atoms with Crippen molar-refractivity contribution in [2.75, 3.05) is 0 Å². The first kappa shape index (κ1) is 9.99. The Kier molecular flexibility index (Phi) is 1.98. The summed E-state index contributed by atoms with van der Waals surface area (Å²) in [5.41, 5.74) is 3.44. The minimum Gasteiger partial charge on any atom is -0.389 e. The van der Waals surface area contributed by atoms with Crippen LogP contribution in [0.15, 0.2) is 24.3 Å². The van der Waals surface area contributed by atoms with E-state index in [4.69, 9.17) is 5.73 Å². The predicted molar refractivity (Wildman–Crippen MR) is 56.6 cm³/mol. The quantitative estimate of drug-likeness (QED) is 0.421. The zero-order valence-electron chi connectivity index (χ0n) is 7.13. The van der Waals surface area contributed by atoms with Gasteiger partial charge in [-0.3, -0.25) is 9.59 Å². The van der Waals surface area contributed by atoms with Crippen LogP contribution in [0, 0.1) is 0 Å². The minimum atomic E-state index is -3.94. The van der Waals surface area contributed by atoms with E-state index in [1.807, 2.05) is 0 Å². The Balaban J connectivity index is 2.81. The van der Waals surface area contributed by atoms with Gasteiger partial charge in [-0.25, -0.2) is 0 Å². The average Bonchev–Trinajstić information content (AvgIpc) is 2.58. The molecule has 0 aliphatic heterocycles. The molecular formula is C7H4N2O4S2. The lowest BCUT2D eigenvalue weighted by atomic mass is 10.2. The lowest BCUT2D eigenvalue weighted by molar-refractivity contribution is 0.599. The SMILES string of the molecule is NC=NS(=O)(=O)c1csc2c(=O)c(=O)c12. The fraction of sp³-hybridized carbons (Fsp3) is 0. The van der Waals surface area contributed by atoms with Gasteiger partial charge >= 0.3 is 0 Å². The van der Waals surface area contributed by atoms with E-state index in [2.05, 4.69) is 4.40 Å². The van der Waals surface area contributed by atoms with Crippen LogP contribution in [0.2, 0.25) is 0 Å². The van der Waals surface area contributed by atoms with Crippen LogP contribution in [0.5, 0.6) is 0 Å². The normalized spacial score (nSPS) is 13.1. The van der Waals surface area contributed by atoms with Gasteiger partial charge in [0.05, 0.1) is 16.4 Å². The molecule has 15 heavy (non-hydrogen) atoms.